The first-order valence-electron chi connectivity index (χ1n) is 7.38. The molecule has 4 N–H and O–H groups in total. The van der Waals surface area contributed by atoms with Crippen LogP contribution < -0.4 is 10.6 Å². The van der Waals surface area contributed by atoms with Crippen LogP contribution in [-0.4, -0.2) is 46.0 Å². The quantitative estimate of drug-likeness (QED) is 0.316. The average molecular weight is 293 g/mol. The van der Waals surface area contributed by atoms with Gasteiger partial charge >= 0.3 is 0 Å². The van der Waals surface area contributed by atoms with E-state index in [0.29, 0.717) is 17.9 Å². The van der Waals surface area contributed by atoms with Gasteiger partial charge in [-0.25, -0.2) is 0 Å². The van der Waals surface area contributed by atoms with Crippen LogP contribution in [0.1, 0.15) is 37.1 Å². The highest BCUT2D eigenvalue weighted by Gasteiger charge is 2.28. The van der Waals surface area contributed by atoms with Crippen LogP contribution in [-0.2, 0) is 12.8 Å². The van der Waals surface area contributed by atoms with Gasteiger partial charge in [0.15, 0.2) is 11.7 Å². The standard InChI is InChI=1S/C14H23N5O2/c1-3-10-11(4-2)16-17-14(12(10)13(15)18-21)19-6-5-9(7-19)8-20/h9,20-21H,3-8H2,1-2H3,(H2,15,18). The van der Waals surface area contributed by atoms with Crippen LogP contribution in [0.4, 0.5) is 5.82 Å². The molecule has 1 fully saturated rings. The molecule has 1 unspecified atom stereocenters. The van der Waals surface area contributed by atoms with Crippen molar-refractivity contribution in [3.8, 4) is 0 Å². The molecular formula is C14H23N5O2. The second kappa shape index (κ2) is 6.71. The van der Waals surface area contributed by atoms with Crippen LogP contribution in [0.3, 0.4) is 0 Å². The van der Waals surface area contributed by atoms with E-state index < -0.39 is 0 Å². The fourth-order valence-electron chi connectivity index (χ4n) is 2.88. The summed E-state index contributed by atoms with van der Waals surface area (Å²) in [7, 11) is 0. The van der Waals surface area contributed by atoms with Crippen LogP contribution >= 0.6 is 0 Å². The second-order valence-electron chi connectivity index (χ2n) is 5.30. The molecule has 0 amide bonds. The molecule has 0 aliphatic carbocycles. The van der Waals surface area contributed by atoms with Crippen LogP contribution in [0.25, 0.3) is 0 Å². The fourth-order valence-corrected chi connectivity index (χ4v) is 2.88. The normalized spacial score (nSPS) is 19.3. The van der Waals surface area contributed by atoms with E-state index in [1.54, 1.807) is 0 Å². The maximum Gasteiger partial charge on any atom is 0.174 e. The number of nitrogens with zero attached hydrogens (tertiary/aromatic N) is 4. The first-order chi connectivity index (χ1) is 10.2. The Hall–Kier alpha value is -1.89. The molecule has 21 heavy (non-hydrogen) atoms. The summed E-state index contributed by atoms with van der Waals surface area (Å²) in [5.74, 6) is 0.956. The molecule has 7 nitrogen and oxygen atoms in total. The molecule has 0 aromatic carbocycles. The van der Waals surface area contributed by atoms with E-state index in [4.69, 9.17) is 10.9 Å². The Morgan fingerprint density at radius 3 is 2.67 bits per heavy atom. The summed E-state index contributed by atoms with van der Waals surface area (Å²) in [5.41, 5.74) is 8.41. The molecule has 1 aromatic rings. The maximum atomic E-state index is 9.29. The van der Waals surface area contributed by atoms with Crippen molar-refractivity contribution >= 4 is 11.7 Å². The van der Waals surface area contributed by atoms with Crippen molar-refractivity contribution in [1.82, 2.24) is 10.2 Å². The van der Waals surface area contributed by atoms with Gasteiger partial charge in [0.2, 0.25) is 0 Å². The van der Waals surface area contributed by atoms with E-state index in [-0.39, 0.29) is 18.4 Å². The molecule has 116 valence electrons. The number of aryl methyl sites for hydroxylation is 1. The number of nitrogens with two attached hydrogens (primary N) is 1. The highest BCUT2D eigenvalue weighted by Crippen LogP contribution is 2.28. The largest absolute Gasteiger partial charge is 0.409 e. The van der Waals surface area contributed by atoms with E-state index in [9.17, 15) is 5.11 Å². The summed E-state index contributed by atoms with van der Waals surface area (Å²) in [6, 6.07) is 0. The summed E-state index contributed by atoms with van der Waals surface area (Å²) in [6.07, 6.45) is 2.40. The highest BCUT2D eigenvalue weighted by molar-refractivity contribution is 6.03. The Morgan fingerprint density at radius 1 is 1.38 bits per heavy atom. The van der Waals surface area contributed by atoms with E-state index in [0.717, 1.165) is 37.1 Å². The fraction of sp³-hybridized carbons (Fsp3) is 0.643. The van der Waals surface area contributed by atoms with Gasteiger partial charge in [0.25, 0.3) is 0 Å². The molecule has 1 atom stereocenters. The number of amidine groups is 1. The van der Waals surface area contributed by atoms with Gasteiger partial charge in [0, 0.05) is 25.6 Å². The predicted octanol–water partition coefficient (Wildman–Crippen LogP) is 0.515. The van der Waals surface area contributed by atoms with Gasteiger partial charge in [0.05, 0.1) is 11.3 Å². The second-order valence-corrected chi connectivity index (χ2v) is 5.30. The van der Waals surface area contributed by atoms with E-state index in [1.165, 1.54) is 0 Å². The van der Waals surface area contributed by atoms with Crippen LogP contribution in [0.2, 0.25) is 0 Å². The SMILES string of the molecule is CCc1nnc(N2CCC(CO)C2)c(C(N)=NO)c1CC. The third-order valence-electron chi connectivity index (χ3n) is 4.04. The molecule has 1 aliphatic rings. The first kappa shape index (κ1) is 15.5. The molecule has 2 heterocycles. The molecule has 1 aromatic heterocycles. The molecule has 2 rings (SSSR count). The van der Waals surface area contributed by atoms with Gasteiger partial charge in [-0.15, -0.1) is 5.10 Å². The van der Waals surface area contributed by atoms with E-state index >= 15 is 0 Å². The zero-order chi connectivity index (χ0) is 15.4. The Balaban J connectivity index is 2.50. The number of hydrogen-bond acceptors (Lipinski definition) is 6. The predicted molar refractivity (Wildman–Crippen MR) is 80.7 cm³/mol. The number of anilines is 1. The third kappa shape index (κ3) is 2.92. The third-order valence-corrected chi connectivity index (χ3v) is 4.04. The van der Waals surface area contributed by atoms with Gasteiger partial charge in [-0.1, -0.05) is 19.0 Å². The van der Waals surface area contributed by atoms with Crippen molar-refractivity contribution in [3.63, 3.8) is 0 Å². The number of aliphatic hydroxyl groups excluding tert-OH is 1. The minimum Gasteiger partial charge on any atom is -0.409 e. The van der Waals surface area contributed by atoms with E-state index in [2.05, 4.69) is 20.3 Å². The topological polar surface area (TPSA) is 108 Å². The van der Waals surface area contributed by atoms with Gasteiger partial charge < -0.3 is 20.9 Å². The van der Waals surface area contributed by atoms with Crippen molar-refractivity contribution in [1.29, 1.82) is 0 Å². The Morgan fingerprint density at radius 2 is 2.14 bits per heavy atom. The summed E-state index contributed by atoms with van der Waals surface area (Å²) >= 11 is 0. The molecule has 0 saturated carbocycles. The molecule has 1 saturated heterocycles. The highest BCUT2D eigenvalue weighted by atomic mass is 16.4. The zero-order valence-corrected chi connectivity index (χ0v) is 12.6. The summed E-state index contributed by atoms with van der Waals surface area (Å²) in [4.78, 5) is 2.06. The van der Waals surface area contributed by atoms with Crippen LogP contribution in [0.5, 0.6) is 0 Å². The summed E-state index contributed by atoms with van der Waals surface area (Å²) < 4.78 is 0. The number of hydrogen-bond donors (Lipinski definition) is 3. The minimum atomic E-state index is 0.0684. The lowest BCUT2D eigenvalue weighted by atomic mass is 10.0. The van der Waals surface area contributed by atoms with Crippen LogP contribution in [0, 0.1) is 5.92 Å². The van der Waals surface area contributed by atoms with Crippen molar-refractivity contribution in [2.75, 3.05) is 24.6 Å². The zero-order valence-electron chi connectivity index (χ0n) is 12.6. The lowest BCUT2D eigenvalue weighted by molar-refractivity contribution is 0.238. The Kier molecular flexibility index (Phi) is 4.95. The number of aliphatic hydroxyl groups is 1. The molecule has 0 bridgehead atoms. The van der Waals surface area contributed by atoms with Crippen molar-refractivity contribution in [2.45, 2.75) is 33.1 Å². The molecule has 0 radical (unpaired) electrons. The Labute approximate surface area is 124 Å². The van der Waals surface area contributed by atoms with E-state index in [1.807, 2.05) is 13.8 Å². The lowest BCUT2D eigenvalue weighted by Gasteiger charge is -2.22. The van der Waals surface area contributed by atoms with Crippen LogP contribution in [0.15, 0.2) is 5.16 Å². The Bertz CT molecular complexity index is 532. The first-order valence-corrected chi connectivity index (χ1v) is 7.38. The number of oxime groups is 1. The molecule has 0 spiro atoms. The van der Waals surface area contributed by atoms with Gasteiger partial charge in [-0.2, -0.15) is 5.10 Å². The maximum absolute atomic E-state index is 9.29. The van der Waals surface area contributed by atoms with Crippen molar-refractivity contribution in [2.24, 2.45) is 16.8 Å². The number of aromatic nitrogens is 2. The van der Waals surface area contributed by atoms with Gasteiger partial charge in [0.1, 0.15) is 0 Å². The molecule has 7 heteroatoms. The summed E-state index contributed by atoms with van der Waals surface area (Å²) in [5, 5.41) is 30.1. The van der Waals surface area contributed by atoms with Gasteiger partial charge in [-0.05, 0) is 24.8 Å². The molecule has 1 aliphatic heterocycles. The van der Waals surface area contributed by atoms with Gasteiger partial charge in [-0.3, -0.25) is 0 Å². The smallest absolute Gasteiger partial charge is 0.174 e. The lowest BCUT2D eigenvalue weighted by Crippen LogP contribution is -2.28. The number of rotatable bonds is 5. The minimum absolute atomic E-state index is 0.0684. The van der Waals surface area contributed by atoms with Crippen molar-refractivity contribution in [3.05, 3.63) is 16.8 Å². The van der Waals surface area contributed by atoms with Crippen molar-refractivity contribution < 1.29 is 10.3 Å². The summed E-state index contributed by atoms with van der Waals surface area (Å²) in [6.45, 7) is 5.70. The average Bonchev–Trinajstić information content (AvgIpc) is 3.01. The molecular weight excluding hydrogens is 270 g/mol. The monoisotopic (exact) mass is 293 g/mol.